The van der Waals surface area contributed by atoms with Crippen LogP contribution in [0.15, 0.2) is 24.3 Å². The van der Waals surface area contributed by atoms with Crippen LogP contribution in [0.3, 0.4) is 0 Å². The second kappa shape index (κ2) is 11.4. The number of thiophene rings is 3. The summed E-state index contributed by atoms with van der Waals surface area (Å²) in [6.45, 7) is 7.78. The maximum absolute atomic E-state index is 8.94. The number of aryl methyl sites for hydroxylation is 2. The van der Waals surface area contributed by atoms with E-state index in [9.17, 15) is 0 Å². The number of rotatable bonds is 12. The highest BCUT2D eigenvalue weighted by Gasteiger charge is 2.15. The summed E-state index contributed by atoms with van der Waals surface area (Å²) in [6, 6.07) is 9.12. The molecule has 0 amide bonds. The number of nitrogens with one attached hydrogen (secondary N) is 2. The van der Waals surface area contributed by atoms with Crippen LogP contribution in [0.1, 0.15) is 20.9 Å². The van der Waals surface area contributed by atoms with Crippen molar-refractivity contribution in [3.05, 3.63) is 45.1 Å². The fraction of sp³-hybridized carbons (Fsp3) is 0.455. The number of aliphatic hydroxyl groups is 2. The summed E-state index contributed by atoms with van der Waals surface area (Å²) >= 11 is 5.62. The normalized spacial score (nSPS) is 11.4. The van der Waals surface area contributed by atoms with Gasteiger partial charge in [0.05, 0.1) is 13.2 Å². The van der Waals surface area contributed by atoms with Crippen molar-refractivity contribution >= 4 is 34.0 Å². The largest absolute Gasteiger partial charge is 0.395 e. The van der Waals surface area contributed by atoms with Crippen LogP contribution in [-0.2, 0) is 12.8 Å². The van der Waals surface area contributed by atoms with Gasteiger partial charge in [0.1, 0.15) is 0 Å². The fourth-order valence-electron chi connectivity index (χ4n) is 3.36. The Morgan fingerprint density at radius 3 is 1.55 bits per heavy atom. The first-order chi connectivity index (χ1) is 14.1. The van der Waals surface area contributed by atoms with Gasteiger partial charge < -0.3 is 20.8 Å². The predicted molar refractivity (Wildman–Crippen MR) is 128 cm³/mol. The molecule has 4 N–H and O–H groups in total. The lowest BCUT2D eigenvalue weighted by Gasteiger charge is -2.04. The van der Waals surface area contributed by atoms with Crippen LogP contribution >= 0.6 is 34.0 Å². The molecule has 3 aromatic heterocycles. The molecule has 0 atom stereocenters. The van der Waals surface area contributed by atoms with Gasteiger partial charge in [-0.1, -0.05) is 0 Å². The van der Waals surface area contributed by atoms with Crippen molar-refractivity contribution in [3.8, 4) is 19.5 Å². The van der Waals surface area contributed by atoms with Crippen LogP contribution in [0, 0.1) is 13.8 Å². The van der Waals surface area contributed by atoms with Crippen LogP contribution in [0.5, 0.6) is 0 Å². The van der Waals surface area contributed by atoms with Crippen LogP contribution in [-0.4, -0.2) is 49.6 Å². The maximum atomic E-state index is 8.94. The highest BCUT2D eigenvalue weighted by Crippen LogP contribution is 2.43. The van der Waals surface area contributed by atoms with E-state index in [2.05, 4.69) is 48.7 Å². The summed E-state index contributed by atoms with van der Waals surface area (Å²) in [5.41, 5.74) is 2.78. The van der Waals surface area contributed by atoms with Crippen molar-refractivity contribution in [2.75, 3.05) is 39.4 Å². The summed E-state index contributed by atoms with van der Waals surface area (Å²) in [4.78, 5) is 8.12. The second-order valence-electron chi connectivity index (χ2n) is 7.03. The topological polar surface area (TPSA) is 64.5 Å². The Balaban J connectivity index is 1.76. The van der Waals surface area contributed by atoms with Crippen molar-refractivity contribution in [1.29, 1.82) is 0 Å². The minimum Gasteiger partial charge on any atom is -0.395 e. The van der Waals surface area contributed by atoms with Crippen LogP contribution in [0.25, 0.3) is 19.5 Å². The van der Waals surface area contributed by atoms with Crippen molar-refractivity contribution < 1.29 is 10.2 Å². The third kappa shape index (κ3) is 6.21. The van der Waals surface area contributed by atoms with Crippen molar-refractivity contribution in [2.45, 2.75) is 26.7 Å². The van der Waals surface area contributed by atoms with Crippen LogP contribution in [0.4, 0.5) is 0 Å². The Kier molecular flexibility index (Phi) is 8.86. The van der Waals surface area contributed by atoms with Crippen LogP contribution < -0.4 is 10.6 Å². The summed E-state index contributed by atoms with van der Waals surface area (Å²) in [7, 11) is 0. The molecule has 0 bridgehead atoms. The lowest BCUT2D eigenvalue weighted by atomic mass is 10.1. The predicted octanol–water partition coefficient (Wildman–Crippen LogP) is 4.07. The molecule has 0 saturated carbocycles. The van der Waals surface area contributed by atoms with Gasteiger partial charge in [-0.2, -0.15) is 0 Å². The van der Waals surface area contributed by atoms with Gasteiger partial charge in [0.15, 0.2) is 0 Å². The van der Waals surface area contributed by atoms with E-state index in [0.29, 0.717) is 13.1 Å². The smallest absolute Gasteiger partial charge is 0.0555 e. The Hall–Kier alpha value is -1.06. The number of hydrogen-bond acceptors (Lipinski definition) is 7. The van der Waals surface area contributed by atoms with E-state index in [1.165, 1.54) is 40.4 Å². The van der Waals surface area contributed by atoms with E-state index in [1.807, 2.05) is 34.0 Å². The molecule has 29 heavy (non-hydrogen) atoms. The molecule has 0 aromatic carbocycles. The first kappa shape index (κ1) is 22.6. The monoisotopic (exact) mass is 450 g/mol. The standard InChI is InChI=1S/C22H30N2O2S3/c1-15-13-17(5-7-23-9-11-25)21(27-15)19-3-4-20(29-19)22-18(14-16(2)28-22)6-8-24-10-12-26/h3-4,13-14,23-26H,5-12H2,1-2H3. The maximum Gasteiger partial charge on any atom is 0.0555 e. The molecule has 3 aromatic rings. The lowest BCUT2D eigenvalue weighted by molar-refractivity contribution is 0.292. The summed E-state index contributed by atoms with van der Waals surface area (Å²) in [5, 5.41) is 24.4. The van der Waals surface area contributed by atoms with Crippen LogP contribution in [0.2, 0.25) is 0 Å². The fourth-order valence-corrected chi connectivity index (χ4v) is 6.78. The number of hydrogen-bond donors (Lipinski definition) is 4. The first-order valence-corrected chi connectivity index (χ1v) is 12.5. The molecule has 0 unspecified atom stereocenters. The Labute approximate surface area is 185 Å². The highest BCUT2D eigenvalue weighted by molar-refractivity contribution is 7.26. The van der Waals surface area contributed by atoms with Gasteiger partial charge in [-0.05, 0) is 75.2 Å². The lowest BCUT2D eigenvalue weighted by Crippen LogP contribution is -2.20. The zero-order valence-corrected chi connectivity index (χ0v) is 19.5. The molecule has 3 rings (SSSR count). The van der Waals surface area contributed by atoms with E-state index in [0.717, 1.165) is 25.9 Å². The third-order valence-electron chi connectivity index (χ3n) is 4.64. The molecule has 158 valence electrons. The second-order valence-corrected chi connectivity index (χ2v) is 10.6. The van der Waals surface area contributed by atoms with E-state index < -0.39 is 0 Å². The average molecular weight is 451 g/mol. The van der Waals surface area contributed by atoms with E-state index in [1.54, 1.807) is 0 Å². The van der Waals surface area contributed by atoms with Gasteiger partial charge in [-0.3, -0.25) is 0 Å². The average Bonchev–Trinajstić information content (AvgIpc) is 3.40. The molecule has 0 aliphatic heterocycles. The van der Waals surface area contributed by atoms with Gasteiger partial charge in [0.2, 0.25) is 0 Å². The zero-order valence-electron chi connectivity index (χ0n) is 17.1. The quantitative estimate of drug-likeness (QED) is 0.314. The Morgan fingerprint density at radius 1 is 0.690 bits per heavy atom. The Bertz CT molecular complexity index is 827. The minimum absolute atomic E-state index is 0.182. The first-order valence-electron chi connectivity index (χ1n) is 10.0. The van der Waals surface area contributed by atoms with Gasteiger partial charge in [0, 0.05) is 42.4 Å². The molecular formula is C22H30N2O2S3. The highest BCUT2D eigenvalue weighted by atomic mass is 32.1. The molecular weight excluding hydrogens is 420 g/mol. The molecule has 7 heteroatoms. The summed E-state index contributed by atoms with van der Waals surface area (Å²) in [5.74, 6) is 0. The van der Waals surface area contributed by atoms with Gasteiger partial charge in [-0.25, -0.2) is 0 Å². The Morgan fingerprint density at radius 2 is 1.14 bits per heavy atom. The van der Waals surface area contributed by atoms with Crippen molar-refractivity contribution in [2.24, 2.45) is 0 Å². The molecule has 4 nitrogen and oxygen atoms in total. The zero-order chi connectivity index (χ0) is 20.6. The van der Waals surface area contributed by atoms with Crippen molar-refractivity contribution in [3.63, 3.8) is 0 Å². The van der Waals surface area contributed by atoms with E-state index in [-0.39, 0.29) is 13.2 Å². The number of aliphatic hydroxyl groups excluding tert-OH is 2. The minimum atomic E-state index is 0.182. The van der Waals surface area contributed by atoms with E-state index in [4.69, 9.17) is 10.2 Å². The molecule has 0 spiro atoms. The molecule has 0 radical (unpaired) electrons. The van der Waals surface area contributed by atoms with Gasteiger partial charge in [0.25, 0.3) is 0 Å². The van der Waals surface area contributed by atoms with Gasteiger partial charge in [-0.15, -0.1) is 34.0 Å². The molecule has 3 heterocycles. The van der Waals surface area contributed by atoms with E-state index >= 15 is 0 Å². The third-order valence-corrected chi connectivity index (χ3v) is 8.27. The van der Waals surface area contributed by atoms with Crippen molar-refractivity contribution in [1.82, 2.24) is 10.6 Å². The molecule has 0 saturated heterocycles. The SMILES string of the molecule is Cc1cc(CCNCCO)c(-c2ccc(-c3sc(C)cc3CCNCCO)s2)s1. The summed E-state index contributed by atoms with van der Waals surface area (Å²) < 4.78 is 0. The molecule has 0 fully saturated rings. The van der Waals surface area contributed by atoms with Gasteiger partial charge >= 0.3 is 0 Å². The summed E-state index contributed by atoms with van der Waals surface area (Å²) in [6.07, 6.45) is 1.96. The molecule has 0 aliphatic rings. The molecule has 0 aliphatic carbocycles.